The fourth-order valence-electron chi connectivity index (χ4n) is 0.607. The van der Waals surface area contributed by atoms with Crippen LogP contribution >= 0.6 is 0 Å². The van der Waals surface area contributed by atoms with Crippen molar-refractivity contribution in [3.05, 3.63) is 12.2 Å². The van der Waals surface area contributed by atoms with Crippen molar-refractivity contribution in [2.24, 2.45) is 0 Å². The maximum atomic E-state index is 10.8. The topological polar surface area (TPSA) is 85.4 Å². The minimum absolute atomic E-state index is 0.0933. The molecule has 1 saturated heterocycles. The first kappa shape index (κ1) is 10.7. The van der Waals surface area contributed by atoms with E-state index in [1.54, 1.807) is 0 Å². The van der Waals surface area contributed by atoms with Gasteiger partial charge < -0.3 is 19.3 Å². The number of rotatable bonds is 5. The molecule has 6 nitrogen and oxygen atoms in total. The number of carbonyl (C=O) groups is 2. The molecule has 1 rings (SSSR count). The van der Waals surface area contributed by atoms with Gasteiger partial charge in [0.2, 0.25) is 6.29 Å². The van der Waals surface area contributed by atoms with Gasteiger partial charge in [0.05, 0.1) is 6.61 Å². The van der Waals surface area contributed by atoms with E-state index in [1.165, 1.54) is 0 Å². The van der Waals surface area contributed by atoms with Crippen molar-refractivity contribution in [2.45, 2.75) is 6.29 Å². The third-order valence-corrected chi connectivity index (χ3v) is 1.24. The second kappa shape index (κ2) is 5.36. The highest BCUT2D eigenvalue weighted by Gasteiger charge is 2.26. The van der Waals surface area contributed by atoms with E-state index in [1.807, 2.05) is 0 Å². The predicted molar refractivity (Wildman–Crippen MR) is 43.0 cm³/mol. The second-order valence-corrected chi connectivity index (χ2v) is 2.42. The smallest absolute Gasteiger partial charge is 0.333 e. The van der Waals surface area contributed by atoms with Gasteiger partial charge in [-0.3, -0.25) is 0 Å². The average molecular weight is 202 g/mol. The van der Waals surface area contributed by atoms with Crippen LogP contribution in [0.1, 0.15) is 0 Å². The summed E-state index contributed by atoms with van der Waals surface area (Å²) in [7, 11) is 0. The van der Waals surface area contributed by atoms with Crippen LogP contribution < -0.4 is 0 Å². The normalized spacial score (nSPS) is 19.4. The first-order valence-electron chi connectivity index (χ1n) is 4.00. The summed E-state index contributed by atoms with van der Waals surface area (Å²) in [4.78, 5) is 21.6. The van der Waals surface area contributed by atoms with Crippen molar-refractivity contribution >= 4 is 11.9 Å². The van der Waals surface area contributed by atoms with Crippen molar-refractivity contribution in [3.8, 4) is 0 Å². The Morgan fingerprint density at radius 1 is 1.43 bits per heavy atom. The molecule has 1 aliphatic heterocycles. The predicted octanol–water partition coefficient (Wildman–Crippen LogP) is -1.02. The quantitative estimate of drug-likeness (QED) is 0.349. The molecule has 6 heteroatoms. The molecule has 0 spiro atoms. The number of ether oxygens (including phenoxy) is 3. The molecule has 0 aliphatic carbocycles. The van der Waals surface area contributed by atoms with Crippen molar-refractivity contribution < 1.29 is 28.9 Å². The average Bonchev–Trinajstić information content (AvgIpc) is 2.95. The molecule has 1 unspecified atom stereocenters. The van der Waals surface area contributed by atoms with E-state index in [0.717, 1.165) is 12.2 Å². The molecule has 0 bridgehead atoms. The van der Waals surface area contributed by atoms with Crippen LogP contribution in [0.2, 0.25) is 0 Å². The Bertz CT molecular complexity index is 242. The highest BCUT2D eigenvalue weighted by Crippen LogP contribution is 2.10. The number of hydrogen-bond donors (Lipinski definition) is 1. The summed E-state index contributed by atoms with van der Waals surface area (Å²) >= 11 is 0. The first-order chi connectivity index (χ1) is 6.72. The molecule has 1 heterocycles. The highest BCUT2D eigenvalue weighted by atomic mass is 16.8. The molecular formula is C8H10O6. The number of epoxide rings is 1. The van der Waals surface area contributed by atoms with E-state index < -0.39 is 18.2 Å². The van der Waals surface area contributed by atoms with E-state index >= 15 is 0 Å². The van der Waals surface area contributed by atoms with Crippen molar-refractivity contribution in [1.82, 2.24) is 0 Å². The van der Waals surface area contributed by atoms with Crippen LogP contribution in [0, 0.1) is 0 Å². The van der Waals surface area contributed by atoms with Gasteiger partial charge in [-0.25, -0.2) is 9.59 Å². The van der Waals surface area contributed by atoms with Crippen LogP contribution in [0.3, 0.4) is 0 Å². The Hall–Kier alpha value is -1.40. The fourth-order valence-corrected chi connectivity index (χ4v) is 0.607. The van der Waals surface area contributed by atoms with E-state index in [4.69, 9.17) is 5.11 Å². The number of esters is 2. The van der Waals surface area contributed by atoms with Gasteiger partial charge in [-0.1, -0.05) is 0 Å². The van der Waals surface area contributed by atoms with Crippen LogP contribution in [0.5, 0.6) is 0 Å². The Labute approximate surface area is 80.1 Å². The molecule has 0 aromatic rings. The van der Waals surface area contributed by atoms with Crippen LogP contribution in [0.15, 0.2) is 12.2 Å². The van der Waals surface area contributed by atoms with Crippen LogP contribution in [0.4, 0.5) is 0 Å². The third-order valence-electron chi connectivity index (χ3n) is 1.24. The van der Waals surface area contributed by atoms with Gasteiger partial charge in [-0.2, -0.15) is 0 Å². The standard InChI is InChI=1S/C8H10O6/c9-3-4-12-6(10)1-2-7(11)14-8-5-13-8/h1-2,8-9H,3-5H2/b2-1-. The fraction of sp³-hybridized carbons (Fsp3) is 0.500. The van der Waals surface area contributed by atoms with Gasteiger partial charge in [0.1, 0.15) is 13.2 Å². The molecule has 1 atom stereocenters. The number of aliphatic hydroxyl groups is 1. The Morgan fingerprint density at radius 3 is 2.64 bits per heavy atom. The van der Waals surface area contributed by atoms with E-state index in [0.29, 0.717) is 6.61 Å². The lowest BCUT2D eigenvalue weighted by molar-refractivity contribution is -0.143. The Balaban J connectivity index is 2.16. The number of aliphatic hydroxyl groups excluding tert-OH is 1. The minimum Gasteiger partial charge on any atom is -0.460 e. The summed E-state index contributed by atoms with van der Waals surface area (Å²) < 4.78 is 13.7. The van der Waals surface area contributed by atoms with E-state index in [9.17, 15) is 9.59 Å². The van der Waals surface area contributed by atoms with Crippen LogP contribution in [0.25, 0.3) is 0 Å². The molecule has 78 valence electrons. The van der Waals surface area contributed by atoms with Gasteiger partial charge in [0.15, 0.2) is 0 Å². The van der Waals surface area contributed by atoms with Crippen molar-refractivity contribution in [1.29, 1.82) is 0 Å². The summed E-state index contributed by atoms with van der Waals surface area (Å²) in [5, 5.41) is 8.31. The molecule has 0 amide bonds. The molecule has 0 saturated carbocycles. The maximum Gasteiger partial charge on any atom is 0.333 e. The summed E-state index contributed by atoms with van der Waals surface area (Å²) in [6, 6.07) is 0. The van der Waals surface area contributed by atoms with E-state index in [-0.39, 0.29) is 13.2 Å². The molecule has 0 radical (unpaired) electrons. The summed E-state index contributed by atoms with van der Waals surface area (Å²) in [6.45, 7) is 0.0540. The molecule has 1 N–H and O–H groups in total. The van der Waals surface area contributed by atoms with Crippen LogP contribution in [-0.4, -0.2) is 43.2 Å². The largest absolute Gasteiger partial charge is 0.460 e. The molecule has 0 aromatic carbocycles. The third kappa shape index (κ3) is 4.58. The van der Waals surface area contributed by atoms with Crippen molar-refractivity contribution in [3.63, 3.8) is 0 Å². The second-order valence-electron chi connectivity index (χ2n) is 2.42. The van der Waals surface area contributed by atoms with Crippen molar-refractivity contribution in [2.75, 3.05) is 19.8 Å². The number of hydrogen-bond acceptors (Lipinski definition) is 6. The van der Waals surface area contributed by atoms with E-state index in [2.05, 4.69) is 14.2 Å². The van der Waals surface area contributed by atoms with Gasteiger partial charge in [0.25, 0.3) is 0 Å². The summed E-state index contributed by atoms with van der Waals surface area (Å²) in [6.07, 6.45) is 1.41. The van der Waals surface area contributed by atoms with Crippen LogP contribution in [-0.2, 0) is 23.8 Å². The summed E-state index contributed by atoms with van der Waals surface area (Å²) in [5.41, 5.74) is 0. The molecule has 1 fully saturated rings. The van der Waals surface area contributed by atoms with Gasteiger partial charge in [-0.15, -0.1) is 0 Å². The minimum atomic E-state index is -0.701. The molecular weight excluding hydrogens is 192 g/mol. The Morgan fingerprint density at radius 2 is 2.07 bits per heavy atom. The first-order valence-corrected chi connectivity index (χ1v) is 4.00. The molecule has 1 aliphatic rings. The van der Waals surface area contributed by atoms with Gasteiger partial charge in [0, 0.05) is 12.2 Å². The molecule has 0 aromatic heterocycles. The lowest BCUT2D eigenvalue weighted by atomic mass is 10.5. The Kier molecular flexibility index (Phi) is 4.09. The number of carbonyl (C=O) groups excluding carboxylic acids is 2. The summed E-state index contributed by atoms with van der Waals surface area (Å²) in [5.74, 6) is -1.36. The molecule has 14 heavy (non-hydrogen) atoms. The zero-order valence-electron chi connectivity index (χ0n) is 7.34. The SMILES string of the molecule is O=C(/C=C\C(=O)OC1CO1)OCCO. The lowest BCUT2D eigenvalue weighted by Crippen LogP contribution is -2.07. The monoisotopic (exact) mass is 202 g/mol. The van der Waals surface area contributed by atoms with Gasteiger partial charge >= 0.3 is 11.9 Å². The van der Waals surface area contributed by atoms with Gasteiger partial charge in [-0.05, 0) is 0 Å². The zero-order chi connectivity index (χ0) is 10.4. The zero-order valence-corrected chi connectivity index (χ0v) is 7.34. The highest BCUT2D eigenvalue weighted by molar-refractivity contribution is 5.91. The lowest BCUT2D eigenvalue weighted by Gasteiger charge is -1.97. The maximum absolute atomic E-state index is 10.8.